The number of carbonyl (C=O) groups is 2. The molecule has 2 aliphatic heterocycles. The van der Waals surface area contributed by atoms with Crippen LogP contribution in [0.3, 0.4) is 0 Å². The highest BCUT2D eigenvalue weighted by molar-refractivity contribution is 8.03. The summed E-state index contributed by atoms with van der Waals surface area (Å²) in [7, 11) is 0. The normalized spacial score (nSPS) is 17.3. The van der Waals surface area contributed by atoms with Gasteiger partial charge in [-0.25, -0.2) is 0 Å². The molecular formula is C30H32N4O2S. The van der Waals surface area contributed by atoms with Gasteiger partial charge >= 0.3 is 0 Å². The SMILES string of the molecule is C/C=C/C(=O)CCC(=O)N1CCN(c2ccc(-c3ccnc4ccc(/C=C5/CNCS5)cc34)cc2)CC1. The number of fused-ring (bicyclic) bond motifs is 1. The van der Waals surface area contributed by atoms with Crippen molar-refractivity contribution >= 4 is 46.1 Å². The number of rotatable bonds is 7. The second kappa shape index (κ2) is 11.8. The molecule has 3 aromatic rings. The number of anilines is 1. The molecule has 190 valence electrons. The van der Waals surface area contributed by atoms with Gasteiger partial charge in [-0.3, -0.25) is 14.6 Å². The van der Waals surface area contributed by atoms with Crippen molar-refractivity contribution in [1.82, 2.24) is 15.2 Å². The first-order chi connectivity index (χ1) is 18.1. The fraction of sp³-hybridized carbons (Fsp3) is 0.300. The number of nitrogens with zero attached hydrogens (tertiary/aromatic N) is 3. The van der Waals surface area contributed by atoms with Crippen LogP contribution in [0.1, 0.15) is 25.3 Å². The summed E-state index contributed by atoms with van der Waals surface area (Å²) in [5.41, 5.74) is 5.69. The number of amides is 1. The number of benzene rings is 2. The molecule has 1 amide bonds. The van der Waals surface area contributed by atoms with Crippen molar-refractivity contribution in [2.45, 2.75) is 19.8 Å². The van der Waals surface area contributed by atoms with Gasteiger partial charge in [0.25, 0.3) is 0 Å². The number of hydrogen-bond donors (Lipinski definition) is 1. The Bertz CT molecular complexity index is 1330. The molecule has 0 bridgehead atoms. The molecule has 2 aromatic carbocycles. The lowest BCUT2D eigenvalue weighted by Crippen LogP contribution is -2.48. The maximum atomic E-state index is 12.5. The summed E-state index contributed by atoms with van der Waals surface area (Å²) in [6, 6.07) is 17.3. The summed E-state index contributed by atoms with van der Waals surface area (Å²) < 4.78 is 0. The summed E-state index contributed by atoms with van der Waals surface area (Å²) in [6.45, 7) is 5.68. The van der Waals surface area contributed by atoms with E-state index in [0.717, 1.165) is 47.7 Å². The predicted molar refractivity (Wildman–Crippen MR) is 153 cm³/mol. The Balaban J connectivity index is 1.25. The standard InChI is InChI=1S/C30H32N4O2S/c1-2-3-25(35)9-11-30(36)34-16-14-33(15-17-34)24-7-5-23(6-8-24)27-12-13-32-29-10-4-22(19-28(27)29)18-26-20-31-21-37-26/h2-8,10,12-13,18-19,31H,9,11,14-17,20-21H2,1H3/b3-2+,26-18-. The Morgan fingerprint density at radius 1 is 1.03 bits per heavy atom. The minimum Gasteiger partial charge on any atom is -0.368 e. The number of nitrogens with one attached hydrogen (secondary N) is 1. The molecular weight excluding hydrogens is 480 g/mol. The second-order valence-electron chi connectivity index (χ2n) is 9.34. The largest absolute Gasteiger partial charge is 0.368 e. The van der Waals surface area contributed by atoms with Crippen LogP contribution in [0.4, 0.5) is 5.69 Å². The van der Waals surface area contributed by atoms with E-state index in [-0.39, 0.29) is 24.5 Å². The molecule has 3 heterocycles. The lowest BCUT2D eigenvalue weighted by molar-refractivity contribution is -0.132. The van der Waals surface area contributed by atoms with Gasteiger partial charge in [0, 0.05) is 73.6 Å². The molecule has 0 atom stereocenters. The maximum absolute atomic E-state index is 12.5. The number of carbonyl (C=O) groups excluding carboxylic acids is 2. The number of hydrogen-bond acceptors (Lipinski definition) is 6. The minimum absolute atomic E-state index is 0.00918. The zero-order valence-electron chi connectivity index (χ0n) is 21.2. The van der Waals surface area contributed by atoms with Gasteiger partial charge in [0.2, 0.25) is 5.91 Å². The smallest absolute Gasteiger partial charge is 0.223 e. The van der Waals surface area contributed by atoms with Crippen LogP contribution < -0.4 is 10.2 Å². The first-order valence-corrected chi connectivity index (χ1v) is 13.8. The third-order valence-corrected chi connectivity index (χ3v) is 7.85. The Hall–Kier alpha value is -3.42. The van der Waals surface area contributed by atoms with E-state index in [4.69, 9.17) is 0 Å². The van der Waals surface area contributed by atoms with Gasteiger partial charge in [-0.15, -0.1) is 11.8 Å². The van der Waals surface area contributed by atoms with E-state index in [1.54, 1.807) is 6.08 Å². The highest BCUT2D eigenvalue weighted by Gasteiger charge is 2.21. The van der Waals surface area contributed by atoms with Crippen LogP contribution in [-0.4, -0.2) is 60.2 Å². The van der Waals surface area contributed by atoms with Gasteiger partial charge in [-0.2, -0.15) is 0 Å². The van der Waals surface area contributed by atoms with Crippen LogP contribution in [0.5, 0.6) is 0 Å². The number of ketones is 1. The Labute approximate surface area is 222 Å². The van der Waals surface area contributed by atoms with E-state index < -0.39 is 0 Å². The van der Waals surface area contributed by atoms with E-state index in [0.29, 0.717) is 13.1 Å². The van der Waals surface area contributed by atoms with Gasteiger partial charge in [0.05, 0.1) is 5.52 Å². The molecule has 0 saturated carbocycles. The lowest BCUT2D eigenvalue weighted by atomic mass is 9.99. The van der Waals surface area contributed by atoms with Crippen molar-refractivity contribution in [3.05, 3.63) is 77.3 Å². The maximum Gasteiger partial charge on any atom is 0.223 e. The molecule has 0 aliphatic carbocycles. The van der Waals surface area contributed by atoms with Crippen LogP contribution in [-0.2, 0) is 9.59 Å². The zero-order chi connectivity index (χ0) is 25.6. The molecule has 6 nitrogen and oxygen atoms in total. The molecule has 7 heteroatoms. The molecule has 1 N–H and O–H groups in total. The second-order valence-corrected chi connectivity index (χ2v) is 10.4. The highest BCUT2D eigenvalue weighted by Crippen LogP contribution is 2.31. The van der Waals surface area contributed by atoms with Crippen LogP contribution in [0.15, 0.2) is 71.8 Å². The van der Waals surface area contributed by atoms with E-state index in [2.05, 4.69) is 69.8 Å². The van der Waals surface area contributed by atoms with Crippen molar-refractivity contribution in [3.8, 4) is 11.1 Å². The lowest BCUT2D eigenvalue weighted by Gasteiger charge is -2.36. The highest BCUT2D eigenvalue weighted by atomic mass is 32.2. The van der Waals surface area contributed by atoms with E-state index in [9.17, 15) is 9.59 Å². The molecule has 5 rings (SSSR count). The Morgan fingerprint density at radius 2 is 1.84 bits per heavy atom. The molecule has 0 spiro atoms. The average Bonchev–Trinajstić information content (AvgIpc) is 3.45. The minimum atomic E-state index is 0.00918. The van der Waals surface area contributed by atoms with E-state index in [1.165, 1.54) is 22.1 Å². The zero-order valence-corrected chi connectivity index (χ0v) is 22.0. The third kappa shape index (κ3) is 6.12. The van der Waals surface area contributed by atoms with Crippen molar-refractivity contribution < 1.29 is 9.59 Å². The third-order valence-electron chi connectivity index (χ3n) is 6.87. The molecule has 0 radical (unpaired) electrons. The topological polar surface area (TPSA) is 65.5 Å². The molecule has 2 aliphatic rings. The Kier molecular flexibility index (Phi) is 8.02. The number of pyridine rings is 1. The van der Waals surface area contributed by atoms with Crippen LogP contribution in [0, 0.1) is 0 Å². The monoisotopic (exact) mass is 512 g/mol. The summed E-state index contributed by atoms with van der Waals surface area (Å²) >= 11 is 1.86. The summed E-state index contributed by atoms with van der Waals surface area (Å²) in [5, 5.41) is 4.52. The van der Waals surface area contributed by atoms with Crippen molar-refractivity contribution in [1.29, 1.82) is 0 Å². The van der Waals surface area contributed by atoms with Gasteiger partial charge in [-0.05, 0) is 66.1 Å². The number of allylic oxidation sites excluding steroid dienone is 2. The van der Waals surface area contributed by atoms with Gasteiger partial charge < -0.3 is 15.1 Å². The van der Waals surface area contributed by atoms with Gasteiger partial charge in [0.15, 0.2) is 5.78 Å². The summed E-state index contributed by atoms with van der Waals surface area (Å²) in [6.07, 6.45) is 7.96. The van der Waals surface area contributed by atoms with E-state index in [1.807, 2.05) is 29.8 Å². The van der Waals surface area contributed by atoms with Crippen LogP contribution in [0.2, 0.25) is 0 Å². The molecule has 0 unspecified atom stereocenters. The number of piperazine rings is 1. The fourth-order valence-corrected chi connectivity index (χ4v) is 5.69. The first-order valence-electron chi connectivity index (χ1n) is 12.8. The first kappa shape index (κ1) is 25.2. The summed E-state index contributed by atoms with van der Waals surface area (Å²) in [4.78, 5) is 34.3. The van der Waals surface area contributed by atoms with Gasteiger partial charge in [-0.1, -0.05) is 24.3 Å². The average molecular weight is 513 g/mol. The quantitative estimate of drug-likeness (QED) is 0.444. The molecule has 37 heavy (non-hydrogen) atoms. The van der Waals surface area contributed by atoms with Gasteiger partial charge in [0.1, 0.15) is 0 Å². The Morgan fingerprint density at radius 3 is 2.57 bits per heavy atom. The van der Waals surface area contributed by atoms with E-state index >= 15 is 0 Å². The fourth-order valence-electron chi connectivity index (χ4n) is 4.88. The van der Waals surface area contributed by atoms with Crippen molar-refractivity contribution in [3.63, 3.8) is 0 Å². The van der Waals surface area contributed by atoms with Crippen LogP contribution >= 0.6 is 11.8 Å². The number of thioether (sulfide) groups is 1. The van der Waals surface area contributed by atoms with Crippen molar-refractivity contribution in [2.75, 3.05) is 43.5 Å². The molecule has 1 aromatic heterocycles. The number of aromatic nitrogens is 1. The van der Waals surface area contributed by atoms with Crippen molar-refractivity contribution in [2.24, 2.45) is 0 Å². The molecule has 2 saturated heterocycles. The summed E-state index contributed by atoms with van der Waals surface area (Å²) in [5.74, 6) is 1.05. The predicted octanol–water partition coefficient (Wildman–Crippen LogP) is 5.11. The molecule has 2 fully saturated rings. The van der Waals surface area contributed by atoms with Crippen LogP contribution in [0.25, 0.3) is 28.1 Å².